The lowest BCUT2D eigenvalue weighted by Crippen LogP contribution is -2.44. The number of carbonyl (C=O) groups excluding carboxylic acids is 4. The highest BCUT2D eigenvalue weighted by Crippen LogP contribution is 2.44. The summed E-state index contributed by atoms with van der Waals surface area (Å²) in [6, 6.07) is 3.37. The lowest BCUT2D eigenvalue weighted by atomic mass is 9.85. The van der Waals surface area contributed by atoms with Gasteiger partial charge in [-0.2, -0.15) is 0 Å². The number of halogens is 2. The van der Waals surface area contributed by atoms with Crippen LogP contribution in [0.4, 0.5) is 0 Å². The van der Waals surface area contributed by atoms with E-state index in [1.165, 1.54) is 151 Å². The Hall–Kier alpha value is -2.06. The molecule has 2 aromatic rings. The van der Waals surface area contributed by atoms with E-state index >= 15 is 0 Å². The Morgan fingerprint density at radius 2 is 0.611 bits per heavy atom. The van der Waals surface area contributed by atoms with Crippen molar-refractivity contribution in [2.75, 3.05) is 13.1 Å². The molecule has 0 radical (unpaired) electrons. The average Bonchev–Trinajstić information content (AvgIpc) is 3.15. The molecule has 2 aliphatic heterocycles. The van der Waals surface area contributed by atoms with Crippen LogP contribution in [0.15, 0.2) is 21.1 Å². The van der Waals surface area contributed by atoms with Crippen molar-refractivity contribution in [2.24, 2.45) is 0 Å². The summed E-state index contributed by atoms with van der Waals surface area (Å²) in [6.07, 6.45) is 34.7. The first-order chi connectivity index (χ1) is 26.3. The van der Waals surface area contributed by atoms with Crippen LogP contribution in [0.1, 0.15) is 235 Å². The fraction of sp³-hybridized carbons (Fsp3) is 0.696. The Balaban J connectivity index is 1.23. The maximum absolute atomic E-state index is 13.9. The molecule has 0 saturated heterocycles. The van der Waals surface area contributed by atoms with E-state index < -0.39 is 0 Å². The van der Waals surface area contributed by atoms with Crippen LogP contribution in [0.25, 0.3) is 10.8 Å². The number of benzene rings is 2. The van der Waals surface area contributed by atoms with Gasteiger partial charge >= 0.3 is 0 Å². The maximum atomic E-state index is 13.9. The molecular formula is C46H68Br2N2O4. The van der Waals surface area contributed by atoms with Crippen LogP contribution in [-0.2, 0) is 0 Å². The van der Waals surface area contributed by atoms with E-state index in [2.05, 4.69) is 45.7 Å². The molecule has 0 unspecified atom stereocenters. The van der Waals surface area contributed by atoms with Gasteiger partial charge in [-0.15, -0.1) is 0 Å². The molecule has 0 spiro atoms. The number of nitrogens with zero attached hydrogens (tertiary/aromatic N) is 2. The third-order valence-electron chi connectivity index (χ3n) is 11.6. The highest BCUT2D eigenvalue weighted by molar-refractivity contribution is 9.10. The monoisotopic (exact) mass is 870 g/mol. The number of unbranched alkanes of at least 4 members (excludes halogenated alkanes) is 26. The van der Waals surface area contributed by atoms with Crippen molar-refractivity contribution in [1.82, 2.24) is 9.80 Å². The quantitative estimate of drug-likeness (QED) is 0.0579. The molecule has 0 saturated carbocycles. The van der Waals surface area contributed by atoms with Crippen LogP contribution in [0.2, 0.25) is 0 Å². The largest absolute Gasteiger partial charge is 0.274 e. The van der Waals surface area contributed by atoms with Crippen molar-refractivity contribution in [3.05, 3.63) is 43.3 Å². The van der Waals surface area contributed by atoms with Gasteiger partial charge in [-0.1, -0.05) is 181 Å². The Kier molecular flexibility index (Phi) is 20.3. The summed E-state index contributed by atoms with van der Waals surface area (Å²) < 4.78 is 0.976. The van der Waals surface area contributed by atoms with Crippen LogP contribution in [-0.4, -0.2) is 46.5 Å². The van der Waals surface area contributed by atoms with Gasteiger partial charge in [-0.3, -0.25) is 29.0 Å². The summed E-state index contributed by atoms with van der Waals surface area (Å²) in [5, 5.41) is 0.838. The van der Waals surface area contributed by atoms with E-state index in [-0.39, 0.29) is 23.6 Å². The SMILES string of the molecule is CCCCCCCCCCCCCCCCN1C(=O)c2cc(Br)c3c4c(cc(Br)c(c24)C1=O)C(=O)N(CCCCCCCCCCCCCCCC)C3=O. The predicted molar refractivity (Wildman–Crippen MR) is 231 cm³/mol. The van der Waals surface area contributed by atoms with Crippen LogP contribution in [0.5, 0.6) is 0 Å². The molecule has 4 rings (SSSR count). The van der Waals surface area contributed by atoms with E-state index in [4.69, 9.17) is 0 Å². The van der Waals surface area contributed by atoms with Gasteiger partial charge in [0.25, 0.3) is 23.6 Å². The van der Waals surface area contributed by atoms with Gasteiger partial charge in [0.05, 0.1) is 11.1 Å². The van der Waals surface area contributed by atoms with Crippen molar-refractivity contribution >= 4 is 66.3 Å². The summed E-state index contributed by atoms with van der Waals surface area (Å²) >= 11 is 7.19. The lowest BCUT2D eigenvalue weighted by Gasteiger charge is -2.33. The number of hydrogen-bond acceptors (Lipinski definition) is 4. The first-order valence-electron chi connectivity index (χ1n) is 22.0. The van der Waals surface area contributed by atoms with Crippen molar-refractivity contribution in [2.45, 2.75) is 194 Å². The topological polar surface area (TPSA) is 74.8 Å². The highest BCUT2D eigenvalue weighted by Gasteiger charge is 2.41. The Labute approximate surface area is 343 Å². The molecule has 0 atom stereocenters. The standard InChI is InChI=1S/C46H68Br2N2O4/c1-3-5-7-9-11-13-15-17-19-21-23-25-27-29-31-49-43(51)35-33-38(48)42-40-36(34-37(47)41(39(35)40)45(49)53)44(52)50(46(42)54)32-30-28-26-24-22-20-18-16-14-12-10-8-6-4-2/h33-34H,3-32H2,1-2H3. The molecule has 4 amide bonds. The zero-order chi connectivity index (χ0) is 38.7. The smallest absolute Gasteiger partial charge is 0.262 e. The third kappa shape index (κ3) is 12.5. The minimum Gasteiger partial charge on any atom is -0.274 e. The molecule has 0 N–H and O–H groups in total. The highest BCUT2D eigenvalue weighted by atomic mass is 79.9. The van der Waals surface area contributed by atoms with Gasteiger partial charge in [0.2, 0.25) is 0 Å². The summed E-state index contributed by atoms with van der Waals surface area (Å²) in [5.41, 5.74) is 1.46. The van der Waals surface area contributed by atoms with E-state index in [0.717, 1.165) is 38.5 Å². The van der Waals surface area contributed by atoms with Crippen LogP contribution in [0.3, 0.4) is 0 Å². The molecule has 0 bridgehead atoms. The van der Waals surface area contributed by atoms with E-state index in [9.17, 15) is 19.2 Å². The summed E-state index contributed by atoms with van der Waals surface area (Å²) in [4.78, 5) is 58.2. The molecule has 2 heterocycles. The Morgan fingerprint density at radius 1 is 0.370 bits per heavy atom. The molecule has 2 aliphatic rings. The first-order valence-corrected chi connectivity index (χ1v) is 23.6. The molecule has 2 aromatic carbocycles. The van der Waals surface area contributed by atoms with Gasteiger partial charge < -0.3 is 0 Å². The number of amides is 4. The van der Waals surface area contributed by atoms with Crippen molar-refractivity contribution < 1.29 is 19.2 Å². The summed E-state index contributed by atoms with van der Waals surface area (Å²) in [6.45, 7) is 5.24. The normalized spacial score (nSPS) is 14.0. The fourth-order valence-corrected chi connectivity index (χ4v) is 9.60. The second-order valence-electron chi connectivity index (χ2n) is 16.0. The lowest BCUT2D eigenvalue weighted by molar-refractivity contribution is 0.0585. The van der Waals surface area contributed by atoms with Gasteiger partial charge in [-0.25, -0.2) is 0 Å². The number of imide groups is 2. The Bertz CT molecular complexity index is 1430. The molecule has 0 aromatic heterocycles. The molecule has 0 aliphatic carbocycles. The zero-order valence-corrected chi connectivity index (χ0v) is 36.8. The molecule has 0 fully saturated rings. The van der Waals surface area contributed by atoms with E-state index in [1.807, 2.05) is 0 Å². The second kappa shape index (κ2) is 24.5. The van der Waals surface area contributed by atoms with E-state index in [0.29, 0.717) is 55.1 Å². The maximum Gasteiger partial charge on any atom is 0.262 e. The predicted octanol–water partition coefficient (Wildman–Crippen LogP) is 14.5. The number of hydrogen-bond donors (Lipinski definition) is 0. The van der Waals surface area contributed by atoms with Gasteiger partial charge in [0.15, 0.2) is 0 Å². The number of carbonyl (C=O) groups is 4. The average molecular weight is 873 g/mol. The van der Waals surface area contributed by atoms with Gasteiger partial charge in [0.1, 0.15) is 0 Å². The van der Waals surface area contributed by atoms with E-state index in [1.54, 1.807) is 12.1 Å². The van der Waals surface area contributed by atoms with Gasteiger partial charge in [0, 0.05) is 43.9 Å². The minimum absolute atomic E-state index is 0.356. The fourth-order valence-electron chi connectivity index (χ4n) is 8.41. The second-order valence-corrected chi connectivity index (χ2v) is 17.7. The van der Waals surface area contributed by atoms with Crippen molar-refractivity contribution in [3.8, 4) is 0 Å². The summed E-state index contributed by atoms with van der Waals surface area (Å²) in [5.74, 6) is -1.44. The van der Waals surface area contributed by atoms with Crippen LogP contribution in [0, 0.1) is 0 Å². The third-order valence-corrected chi connectivity index (χ3v) is 12.9. The molecule has 300 valence electrons. The Morgan fingerprint density at radius 3 is 0.870 bits per heavy atom. The molecule has 54 heavy (non-hydrogen) atoms. The molecule has 8 heteroatoms. The summed E-state index contributed by atoms with van der Waals surface area (Å²) in [7, 11) is 0. The number of rotatable bonds is 30. The van der Waals surface area contributed by atoms with Crippen molar-refractivity contribution in [1.29, 1.82) is 0 Å². The van der Waals surface area contributed by atoms with Crippen LogP contribution >= 0.6 is 31.9 Å². The zero-order valence-electron chi connectivity index (χ0n) is 33.7. The van der Waals surface area contributed by atoms with Crippen LogP contribution < -0.4 is 0 Å². The first kappa shape index (κ1) is 44.7. The van der Waals surface area contributed by atoms with Gasteiger partial charge in [-0.05, 0) is 56.8 Å². The van der Waals surface area contributed by atoms with Crippen molar-refractivity contribution in [3.63, 3.8) is 0 Å². The molecular weight excluding hydrogens is 804 g/mol. The molecule has 6 nitrogen and oxygen atoms in total. The minimum atomic E-state index is -0.362.